The molecule has 250 valence electrons. The third kappa shape index (κ3) is 10.0. The Bertz CT molecular complexity index is 1040. The molecule has 12 heteroatoms. The zero-order valence-corrected chi connectivity index (χ0v) is 28.2. The van der Waals surface area contributed by atoms with Gasteiger partial charge in [0.1, 0.15) is 11.6 Å². The van der Waals surface area contributed by atoms with Crippen molar-refractivity contribution >= 4 is 25.2 Å². The van der Waals surface area contributed by atoms with Crippen molar-refractivity contribution in [2.24, 2.45) is 23.7 Å². The molecule has 1 aromatic rings. The average Bonchev–Trinajstić information content (AvgIpc) is 3.66. The average molecular weight is 635 g/mol. The van der Waals surface area contributed by atoms with E-state index in [1.807, 2.05) is 19.9 Å². The highest BCUT2D eigenvalue weighted by Gasteiger charge is 2.38. The normalized spacial score (nSPS) is 27.7. The van der Waals surface area contributed by atoms with E-state index in [0.29, 0.717) is 43.6 Å². The summed E-state index contributed by atoms with van der Waals surface area (Å²) in [6.45, 7) is 12.9. The summed E-state index contributed by atoms with van der Waals surface area (Å²) >= 11 is 0. The van der Waals surface area contributed by atoms with Gasteiger partial charge in [0.05, 0.1) is 19.4 Å². The molecule has 2 heterocycles. The molecule has 0 aromatic carbocycles. The van der Waals surface area contributed by atoms with Crippen LogP contribution in [0.1, 0.15) is 71.6 Å². The minimum absolute atomic E-state index is 0.397. The standard InChI is InChI=1S/C32H59N8O3P/c1-3-42-44(41,43-4-2)19-18-39-14-16-40(17-15-39)31-22-30(33)37-32(38-31)36-24-26-8-6-25(7-9-26)23-34-12-5-13-35-29-21-27-10-11-28(29)20-27/h22,25-29,34-35H,3-21,23-24H2,1-2H3,(H3,33,36,37,38)/t25-,26-,27-,28+,29+/m1/s1. The van der Waals surface area contributed by atoms with Crippen molar-refractivity contribution in [3.63, 3.8) is 0 Å². The Morgan fingerprint density at radius 3 is 2.32 bits per heavy atom. The van der Waals surface area contributed by atoms with E-state index in [2.05, 4.69) is 30.7 Å². The Balaban J connectivity index is 0.948. The number of nitrogen functional groups attached to an aromatic ring is 1. The molecule has 1 aromatic heterocycles. The summed E-state index contributed by atoms with van der Waals surface area (Å²) in [6.07, 6.45) is 12.6. The van der Waals surface area contributed by atoms with E-state index < -0.39 is 7.60 Å². The first-order chi connectivity index (χ1) is 21.4. The van der Waals surface area contributed by atoms with Gasteiger partial charge < -0.3 is 35.6 Å². The molecule has 1 aliphatic heterocycles. The van der Waals surface area contributed by atoms with E-state index in [1.54, 1.807) is 0 Å². The second-order valence-corrected chi connectivity index (χ2v) is 15.7. The van der Waals surface area contributed by atoms with Gasteiger partial charge in [-0.3, -0.25) is 9.46 Å². The minimum atomic E-state index is -3.02. The highest BCUT2D eigenvalue weighted by molar-refractivity contribution is 7.53. The number of piperazine rings is 1. The number of hydrogen-bond donors (Lipinski definition) is 4. The van der Waals surface area contributed by atoms with Crippen LogP contribution in [0.15, 0.2) is 6.07 Å². The smallest absolute Gasteiger partial charge is 0.331 e. The minimum Gasteiger partial charge on any atom is -0.383 e. The van der Waals surface area contributed by atoms with Crippen molar-refractivity contribution in [2.45, 2.75) is 77.7 Å². The third-order valence-electron chi connectivity index (χ3n) is 10.4. The Kier molecular flexibility index (Phi) is 13.0. The maximum absolute atomic E-state index is 12.8. The molecule has 4 aliphatic rings. The van der Waals surface area contributed by atoms with Crippen LogP contribution in [0.5, 0.6) is 0 Å². The number of nitrogens with one attached hydrogen (secondary N) is 3. The lowest BCUT2D eigenvalue weighted by molar-refractivity contribution is 0.209. The van der Waals surface area contributed by atoms with Crippen molar-refractivity contribution in [2.75, 3.05) is 94.2 Å². The SMILES string of the molecule is CCOP(=O)(CCN1CCN(c2cc(N)nc(NC[C@H]3CC[C@H](CNCCCN[C@H]4C[C@@H]5CC[C@H]4C5)CC3)n2)CC1)OCC. The van der Waals surface area contributed by atoms with Crippen molar-refractivity contribution in [1.82, 2.24) is 25.5 Å². The zero-order chi connectivity index (χ0) is 30.8. The second kappa shape index (κ2) is 16.9. The fourth-order valence-corrected chi connectivity index (χ4v) is 9.54. The first-order valence-corrected chi connectivity index (χ1v) is 19.3. The van der Waals surface area contributed by atoms with Gasteiger partial charge in [0, 0.05) is 51.4 Å². The van der Waals surface area contributed by atoms with Crippen molar-refractivity contribution in [3.05, 3.63) is 6.07 Å². The maximum Gasteiger partial charge on any atom is 0.331 e. The van der Waals surface area contributed by atoms with Gasteiger partial charge in [-0.25, -0.2) is 0 Å². The van der Waals surface area contributed by atoms with Crippen LogP contribution in [0, 0.1) is 23.7 Å². The lowest BCUT2D eigenvalue weighted by Crippen LogP contribution is -2.47. The number of aromatic nitrogens is 2. The van der Waals surface area contributed by atoms with E-state index in [0.717, 1.165) is 82.0 Å². The van der Waals surface area contributed by atoms with Gasteiger partial charge in [-0.2, -0.15) is 9.97 Å². The summed E-state index contributed by atoms with van der Waals surface area (Å²) in [5, 5.41) is 11.1. The Labute approximate surface area is 265 Å². The van der Waals surface area contributed by atoms with Crippen LogP contribution in [0.2, 0.25) is 0 Å². The molecular formula is C32H59N8O3P. The summed E-state index contributed by atoms with van der Waals surface area (Å²) in [6, 6.07) is 2.68. The van der Waals surface area contributed by atoms with Crippen LogP contribution in [-0.2, 0) is 13.6 Å². The molecule has 0 unspecified atom stereocenters. The molecule has 3 aliphatic carbocycles. The summed E-state index contributed by atoms with van der Waals surface area (Å²) in [5.41, 5.74) is 6.20. The Morgan fingerprint density at radius 2 is 1.66 bits per heavy atom. The number of hydrogen-bond acceptors (Lipinski definition) is 11. The summed E-state index contributed by atoms with van der Waals surface area (Å²) in [7, 11) is -3.02. The number of nitrogens with two attached hydrogens (primary N) is 1. The molecule has 11 nitrogen and oxygen atoms in total. The molecule has 0 spiro atoms. The molecule has 5 rings (SSSR count). The highest BCUT2D eigenvalue weighted by atomic mass is 31.2. The van der Waals surface area contributed by atoms with Crippen molar-refractivity contribution < 1.29 is 13.6 Å². The highest BCUT2D eigenvalue weighted by Crippen LogP contribution is 2.47. The molecule has 0 amide bonds. The predicted molar refractivity (Wildman–Crippen MR) is 179 cm³/mol. The van der Waals surface area contributed by atoms with Gasteiger partial charge in [-0.15, -0.1) is 0 Å². The molecular weight excluding hydrogens is 575 g/mol. The first kappa shape index (κ1) is 33.9. The molecule has 0 radical (unpaired) electrons. The van der Waals surface area contributed by atoms with Crippen LogP contribution in [0.25, 0.3) is 0 Å². The van der Waals surface area contributed by atoms with Crippen molar-refractivity contribution in [3.8, 4) is 0 Å². The topological polar surface area (TPSA) is 130 Å². The van der Waals surface area contributed by atoms with Crippen LogP contribution in [0.4, 0.5) is 17.6 Å². The second-order valence-electron chi connectivity index (χ2n) is 13.5. The van der Waals surface area contributed by atoms with Gasteiger partial charge in [-0.1, -0.05) is 6.42 Å². The molecule has 3 atom stereocenters. The molecule has 4 fully saturated rings. The summed E-state index contributed by atoms with van der Waals surface area (Å²) in [5.74, 6) is 5.43. The Morgan fingerprint density at radius 1 is 0.932 bits per heavy atom. The van der Waals surface area contributed by atoms with Crippen LogP contribution in [0.3, 0.4) is 0 Å². The van der Waals surface area contributed by atoms with Gasteiger partial charge >= 0.3 is 7.60 Å². The van der Waals surface area contributed by atoms with Crippen LogP contribution < -0.4 is 26.6 Å². The van der Waals surface area contributed by atoms with Gasteiger partial charge in [0.25, 0.3) is 0 Å². The van der Waals surface area contributed by atoms with Gasteiger partial charge in [0.2, 0.25) is 5.95 Å². The zero-order valence-electron chi connectivity index (χ0n) is 27.4. The molecule has 1 saturated heterocycles. The van der Waals surface area contributed by atoms with Gasteiger partial charge in [0.15, 0.2) is 0 Å². The summed E-state index contributed by atoms with van der Waals surface area (Å²) < 4.78 is 23.7. The number of nitrogens with zero attached hydrogens (tertiary/aromatic N) is 4. The number of rotatable bonds is 18. The van der Waals surface area contributed by atoms with Crippen LogP contribution >= 0.6 is 7.60 Å². The maximum atomic E-state index is 12.8. The molecule has 3 saturated carbocycles. The van der Waals surface area contributed by atoms with E-state index >= 15 is 0 Å². The molecule has 44 heavy (non-hydrogen) atoms. The van der Waals surface area contributed by atoms with Crippen molar-refractivity contribution in [1.29, 1.82) is 0 Å². The lowest BCUT2D eigenvalue weighted by atomic mass is 9.82. The number of anilines is 3. The van der Waals surface area contributed by atoms with E-state index in [-0.39, 0.29) is 0 Å². The fourth-order valence-electron chi connectivity index (χ4n) is 7.90. The quantitative estimate of drug-likeness (QED) is 0.135. The van der Waals surface area contributed by atoms with E-state index in [4.69, 9.17) is 19.8 Å². The fraction of sp³-hybridized carbons (Fsp3) is 0.875. The van der Waals surface area contributed by atoms with E-state index in [1.165, 1.54) is 57.8 Å². The first-order valence-electron chi connectivity index (χ1n) is 17.6. The summed E-state index contributed by atoms with van der Waals surface area (Å²) in [4.78, 5) is 13.9. The predicted octanol–water partition coefficient (Wildman–Crippen LogP) is 4.42. The number of fused-ring (bicyclic) bond motifs is 2. The molecule has 2 bridgehead atoms. The van der Waals surface area contributed by atoms with Crippen LogP contribution in [-0.4, -0.2) is 99.2 Å². The van der Waals surface area contributed by atoms with Gasteiger partial charge in [-0.05, 0) is 109 Å². The Hall–Kier alpha value is -1.49. The lowest BCUT2D eigenvalue weighted by Gasteiger charge is -2.36. The largest absolute Gasteiger partial charge is 0.383 e. The molecule has 5 N–H and O–H groups in total. The van der Waals surface area contributed by atoms with E-state index in [9.17, 15) is 4.57 Å². The third-order valence-corrected chi connectivity index (χ3v) is 12.4. The monoisotopic (exact) mass is 634 g/mol.